The Morgan fingerprint density at radius 3 is 1.57 bits per heavy atom. The second-order valence-electron chi connectivity index (χ2n) is 6.45. The fourth-order valence-corrected chi connectivity index (χ4v) is 3.13. The number of anilines is 2. The lowest BCUT2D eigenvalue weighted by Gasteiger charge is -2.25. The van der Waals surface area contributed by atoms with Gasteiger partial charge in [-0.15, -0.1) is 0 Å². The number of rotatable bonds is 7. The van der Waals surface area contributed by atoms with Gasteiger partial charge in [-0.25, -0.2) is 0 Å². The van der Waals surface area contributed by atoms with E-state index in [0.29, 0.717) is 13.1 Å². The van der Waals surface area contributed by atoms with Gasteiger partial charge in [-0.1, -0.05) is 66.7 Å². The zero-order valence-corrected chi connectivity index (χ0v) is 16.0. The van der Waals surface area contributed by atoms with Gasteiger partial charge in [0.15, 0.2) is 0 Å². The van der Waals surface area contributed by atoms with Gasteiger partial charge in [-0.2, -0.15) is 0 Å². The SMILES string of the molecule is CCN(C(=O)CC(=O)N(Cc1ccccc1)c1ccccc1)c1ccccc1. The molecule has 0 heterocycles. The molecular weight excluding hydrogens is 348 g/mol. The van der Waals surface area contributed by atoms with Crippen molar-refractivity contribution in [1.29, 1.82) is 0 Å². The second-order valence-corrected chi connectivity index (χ2v) is 6.45. The summed E-state index contributed by atoms with van der Waals surface area (Å²) < 4.78 is 0. The first-order chi connectivity index (χ1) is 13.7. The number of benzene rings is 3. The van der Waals surface area contributed by atoms with Gasteiger partial charge in [0, 0.05) is 17.9 Å². The van der Waals surface area contributed by atoms with Crippen molar-refractivity contribution in [2.45, 2.75) is 19.9 Å². The van der Waals surface area contributed by atoms with Gasteiger partial charge in [0.05, 0.1) is 6.54 Å². The van der Waals surface area contributed by atoms with Gasteiger partial charge in [0.1, 0.15) is 6.42 Å². The minimum Gasteiger partial charge on any atom is -0.312 e. The lowest BCUT2D eigenvalue weighted by molar-refractivity contribution is -0.126. The Bertz CT molecular complexity index is 896. The van der Waals surface area contributed by atoms with Crippen molar-refractivity contribution in [1.82, 2.24) is 0 Å². The largest absolute Gasteiger partial charge is 0.312 e. The molecule has 0 aliphatic heterocycles. The number of carbonyl (C=O) groups excluding carboxylic acids is 2. The molecule has 4 nitrogen and oxygen atoms in total. The average Bonchev–Trinajstić information content (AvgIpc) is 2.74. The number of nitrogens with zero attached hydrogens (tertiary/aromatic N) is 2. The van der Waals surface area contributed by atoms with E-state index in [1.54, 1.807) is 9.80 Å². The van der Waals surface area contributed by atoms with Crippen molar-refractivity contribution in [3.8, 4) is 0 Å². The first kappa shape index (κ1) is 19.4. The molecule has 28 heavy (non-hydrogen) atoms. The third-order valence-electron chi connectivity index (χ3n) is 4.54. The van der Waals surface area contributed by atoms with Crippen molar-refractivity contribution >= 4 is 23.2 Å². The van der Waals surface area contributed by atoms with E-state index < -0.39 is 0 Å². The predicted octanol–water partition coefficient (Wildman–Crippen LogP) is 4.66. The molecule has 0 fully saturated rings. The van der Waals surface area contributed by atoms with Crippen LogP contribution in [0.1, 0.15) is 18.9 Å². The van der Waals surface area contributed by atoms with E-state index in [2.05, 4.69) is 0 Å². The highest BCUT2D eigenvalue weighted by Gasteiger charge is 2.23. The number of para-hydroxylation sites is 2. The summed E-state index contributed by atoms with van der Waals surface area (Å²) >= 11 is 0. The van der Waals surface area contributed by atoms with E-state index in [0.717, 1.165) is 16.9 Å². The normalized spacial score (nSPS) is 10.3. The van der Waals surface area contributed by atoms with Crippen LogP contribution in [-0.2, 0) is 16.1 Å². The molecule has 0 saturated heterocycles. The molecule has 3 aromatic carbocycles. The first-order valence-electron chi connectivity index (χ1n) is 9.43. The standard InChI is InChI=1S/C24H24N2O2/c1-2-25(21-14-8-4-9-15-21)23(27)18-24(28)26(22-16-10-5-11-17-22)19-20-12-6-3-7-13-20/h3-17H,2,18-19H2,1H3. The summed E-state index contributed by atoms with van der Waals surface area (Å²) in [5, 5.41) is 0. The monoisotopic (exact) mass is 372 g/mol. The summed E-state index contributed by atoms with van der Waals surface area (Å²) in [4.78, 5) is 29.3. The Morgan fingerprint density at radius 1 is 0.643 bits per heavy atom. The van der Waals surface area contributed by atoms with Crippen LogP contribution in [0.4, 0.5) is 11.4 Å². The number of hydrogen-bond donors (Lipinski definition) is 0. The molecule has 0 unspecified atom stereocenters. The molecule has 0 bridgehead atoms. The Morgan fingerprint density at radius 2 is 1.07 bits per heavy atom. The van der Waals surface area contributed by atoms with E-state index in [9.17, 15) is 9.59 Å². The Kier molecular flexibility index (Phi) is 6.58. The van der Waals surface area contributed by atoms with Crippen LogP contribution in [0.3, 0.4) is 0 Å². The van der Waals surface area contributed by atoms with Gasteiger partial charge < -0.3 is 9.80 Å². The van der Waals surface area contributed by atoms with Crippen LogP contribution in [-0.4, -0.2) is 18.4 Å². The summed E-state index contributed by atoms with van der Waals surface area (Å²) in [6, 6.07) is 28.7. The highest BCUT2D eigenvalue weighted by Crippen LogP contribution is 2.20. The summed E-state index contributed by atoms with van der Waals surface area (Å²) in [6.45, 7) is 2.85. The molecule has 0 aromatic heterocycles. The fourth-order valence-electron chi connectivity index (χ4n) is 3.13. The van der Waals surface area contributed by atoms with Crippen LogP contribution in [0.15, 0.2) is 91.0 Å². The van der Waals surface area contributed by atoms with Crippen molar-refractivity contribution in [2.24, 2.45) is 0 Å². The molecule has 0 saturated carbocycles. The molecule has 3 rings (SSSR count). The van der Waals surface area contributed by atoms with Crippen LogP contribution >= 0.6 is 0 Å². The molecule has 142 valence electrons. The summed E-state index contributed by atoms with van der Waals surface area (Å²) in [6.07, 6.45) is -0.176. The van der Waals surface area contributed by atoms with Crippen molar-refractivity contribution < 1.29 is 9.59 Å². The van der Waals surface area contributed by atoms with Gasteiger partial charge in [-0.3, -0.25) is 9.59 Å². The zero-order chi connectivity index (χ0) is 19.8. The highest BCUT2D eigenvalue weighted by atomic mass is 16.2. The van der Waals surface area contributed by atoms with Crippen LogP contribution in [0.5, 0.6) is 0 Å². The van der Waals surface area contributed by atoms with E-state index in [-0.39, 0.29) is 18.2 Å². The molecule has 0 atom stereocenters. The summed E-state index contributed by atoms with van der Waals surface area (Å²) in [5.41, 5.74) is 2.60. The van der Waals surface area contributed by atoms with Crippen molar-refractivity contribution in [3.05, 3.63) is 96.6 Å². The maximum Gasteiger partial charge on any atom is 0.236 e. The van der Waals surface area contributed by atoms with E-state index in [1.807, 2.05) is 97.9 Å². The molecular formula is C24H24N2O2. The second kappa shape index (κ2) is 9.51. The molecule has 4 heteroatoms. The molecule has 0 radical (unpaired) electrons. The van der Waals surface area contributed by atoms with Crippen LogP contribution in [0.2, 0.25) is 0 Å². The molecule has 0 aliphatic rings. The summed E-state index contributed by atoms with van der Waals surface area (Å²) in [7, 11) is 0. The van der Waals surface area contributed by atoms with Crippen molar-refractivity contribution in [3.63, 3.8) is 0 Å². The fraction of sp³-hybridized carbons (Fsp3) is 0.167. The lowest BCUT2D eigenvalue weighted by atomic mass is 10.1. The maximum absolute atomic E-state index is 13.1. The zero-order valence-electron chi connectivity index (χ0n) is 16.0. The molecule has 0 aliphatic carbocycles. The van der Waals surface area contributed by atoms with Gasteiger partial charge in [0.2, 0.25) is 11.8 Å². The van der Waals surface area contributed by atoms with Crippen LogP contribution < -0.4 is 9.80 Å². The predicted molar refractivity (Wildman–Crippen MR) is 113 cm³/mol. The van der Waals surface area contributed by atoms with Crippen molar-refractivity contribution in [2.75, 3.05) is 16.3 Å². The summed E-state index contributed by atoms with van der Waals surface area (Å²) in [5.74, 6) is -0.415. The molecule has 2 amide bonds. The van der Waals surface area contributed by atoms with E-state index >= 15 is 0 Å². The Hall–Kier alpha value is -3.40. The highest BCUT2D eigenvalue weighted by molar-refractivity contribution is 6.09. The van der Waals surface area contributed by atoms with E-state index in [4.69, 9.17) is 0 Å². The molecule has 0 spiro atoms. The average molecular weight is 372 g/mol. The third-order valence-corrected chi connectivity index (χ3v) is 4.54. The maximum atomic E-state index is 13.1. The Labute approximate surface area is 166 Å². The number of hydrogen-bond acceptors (Lipinski definition) is 2. The minimum atomic E-state index is -0.213. The van der Waals surface area contributed by atoms with Crippen LogP contribution in [0, 0.1) is 0 Å². The quantitative estimate of drug-likeness (QED) is 0.566. The molecule has 3 aromatic rings. The van der Waals surface area contributed by atoms with Crippen LogP contribution in [0.25, 0.3) is 0 Å². The minimum absolute atomic E-state index is 0.176. The van der Waals surface area contributed by atoms with Gasteiger partial charge in [0.25, 0.3) is 0 Å². The lowest BCUT2D eigenvalue weighted by Crippen LogP contribution is -2.38. The molecule has 0 N–H and O–H groups in total. The first-order valence-corrected chi connectivity index (χ1v) is 9.43. The number of amides is 2. The third kappa shape index (κ3) is 4.86. The smallest absolute Gasteiger partial charge is 0.236 e. The Balaban J connectivity index is 1.80. The van der Waals surface area contributed by atoms with Gasteiger partial charge >= 0.3 is 0 Å². The topological polar surface area (TPSA) is 40.6 Å². The number of carbonyl (C=O) groups is 2. The van der Waals surface area contributed by atoms with E-state index in [1.165, 1.54) is 0 Å². The van der Waals surface area contributed by atoms with Gasteiger partial charge in [-0.05, 0) is 36.8 Å².